The van der Waals surface area contributed by atoms with E-state index in [0.29, 0.717) is 0 Å². The van der Waals surface area contributed by atoms with Crippen LogP contribution < -0.4 is 0 Å². The molecule has 0 aliphatic heterocycles. The number of esters is 1. The molecule has 1 atom stereocenters. The SMILES string of the molecule is CCOC(=O)[C@@](C)(C#N)c1ncccc1Cl. The zero-order valence-electron chi connectivity index (χ0n) is 9.03. The van der Waals surface area contributed by atoms with Crippen molar-refractivity contribution < 1.29 is 9.53 Å². The van der Waals surface area contributed by atoms with Crippen molar-refractivity contribution in [2.24, 2.45) is 0 Å². The molecular weight excluding hydrogens is 228 g/mol. The molecule has 0 aliphatic rings. The molecule has 1 aromatic heterocycles. The van der Waals surface area contributed by atoms with E-state index in [9.17, 15) is 4.79 Å². The highest BCUT2D eigenvalue weighted by Crippen LogP contribution is 2.28. The molecular formula is C11H11ClN2O2. The van der Waals surface area contributed by atoms with Crippen molar-refractivity contribution in [3.8, 4) is 6.07 Å². The average Bonchev–Trinajstić information content (AvgIpc) is 2.29. The van der Waals surface area contributed by atoms with Crippen molar-refractivity contribution in [3.05, 3.63) is 29.0 Å². The summed E-state index contributed by atoms with van der Waals surface area (Å²) < 4.78 is 4.85. The maximum Gasteiger partial charge on any atom is 0.332 e. The number of halogens is 1. The fourth-order valence-corrected chi connectivity index (χ4v) is 1.53. The summed E-state index contributed by atoms with van der Waals surface area (Å²) in [4.78, 5) is 15.7. The Bertz CT molecular complexity index is 442. The number of ether oxygens (including phenoxy) is 1. The van der Waals surface area contributed by atoms with Crippen LogP contribution in [0.25, 0.3) is 0 Å². The van der Waals surface area contributed by atoms with E-state index < -0.39 is 11.4 Å². The molecule has 0 spiro atoms. The highest BCUT2D eigenvalue weighted by Gasteiger charge is 2.40. The minimum atomic E-state index is -1.46. The second-order valence-electron chi connectivity index (χ2n) is 3.29. The van der Waals surface area contributed by atoms with Crippen LogP contribution in [0.2, 0.25) is 5.02 Å². The van der Waals surface area contributed by atoms with E-state index in [1.165, 1.54) is 13.1 Å². The molecule has 0 unspecified atom stereocenters. The fourth-order valence-electron chi connectivity index (χ4n) is 1.22. The van der Waals surface area contributed by atoms with Gasteiger partial charge in [-0.05, 0) is 26.0 Å². The normalized spacial score (nSPS) is 13.6. The Morgan fingerprint density at radius 3 is 2.94 bits per heavy atom. The van der Waals surface area contributed by atoms with Crippen LogP contribution in [0, 0.1) is 11.3 Å². The molecule has 5 heteroatoms. The largest absolute Gasteiger partial charge is 0.465 e. The van der Waals surface area contributed by atoms with Crippen LogP contribution in [-0.4, -0.2) is 17.6 Å². The number of hydrogen-bond donors (Lipinski definition) is 0. The number of nitrogens with zero attached hydrogens (tertiary/aromatic N) is 2. The first-order chi connectivity index (χ1) is 7.56. The molecule has 1 rings (SSSR count). The zero-order chi connectivity index (χ0) is 12.2. The molecule has 0 amide bonds. The molecule has 1 heterocycles. The second kappa shape index (κ2) is 4.95. The molecule has 0 N–H and O–H groups in total. The lowest BCUT2D eigenvalue weighted by atomic mass is 9.88. The van der Waals surface area contributed by atoms with Gasteiger partial charge in [-0.25, -0.2) is 4.79 Å². The minimum absolute atomic E-state index is 0.209. The Balaban J connectivity index is 3.21. The van der Waals surface area contributed by atoms with Gasteiger partial charge in [0.2, 0.25) is 0 Å². The molecule has 0 aromatic carbocycles. The van der Waals surface area contributed by atoms with Crippen LogP contribution in [0.3, 0.4) is 0 Å². The summed E-state index contributed by atoms with van der Waals surface area (Å²) in [6.07, 6.45) is 1.48. The lowest BCUT2D eigenvalue weighted by molar-refractivity contribution is -0.147. The van der Waals surface area contributed by atoms with Gasteiger partial charge in [0.15, 0.2) is 5.41 Å². The average molecular weight is 239 g/mol. The molecule has 16 heavy (non-hydrogen) atoms. The standard InChI is InChI=1S/C11H11ClN2O2/c1-3-16-10(15)11(2,7-13)9-8(12)5-4-6-14-9/h4-6H,3H2,1-2H3/t11-/m0/s1. The topological polar surface area (TPSA) is 63.0 Å². The Morgan fingerprint density at radius 2 is 2.44 bits per heavy atom. The number of pyridine rings is 1. The summed E-state index contributed by atoms with van der Waals surface area (Å²) in [7, 11) is 0. The smallest absolute Gasteiger partial charge is 0.332 e. The van der Waals surface area contributed by atoms with E-state index in [1.54, 1.807) is 19.1 Å². The van der Waals surface area contributed by atoms with Crippen LogP contribution in [0.4, 0.5) is 0 Å². The lowest BCUT2D eigenvalue weighted by Crippen LogP contribution is -2.34. The maximum absolute atomic E-state index is 11.7. The lowest BCUT2D eigenvalue weighted by Gasteiger charge is -2.19. The molecule has 4 nitrogen and oxygen atoms in total. The van der Waals surface area contributed by atoms with Crippen LogP contribution in [0.5, 0.6) is 0 Å². The number of aromatic nitrogens is 1. The van der Waals surface area contributed by atoms with Gasteiger partial charge in [-0.2, -0.15) is 5.26 Å². The van der Waals surface area contributed by atoms with Crippen molar-refractivity contribution in [1.29, 1.82) is 5.26 Å². The maximum atomic E-state index is 11.7. The van der Waals surface area contributed by atoms with Crippen molar-refractivity contribution >= 4 is 17.6 Å². The van der Waals surface area contributed by atoms with Crippen molar-refractivity contribution in [2.45, 2.75) is 19.3 Å². The van der Waals surface area contributed by atoms with E-state index in [1.807, 2.05) is 6.07 Å². The third-order valence-corrected chi connectivity index (χ3v) is 2.44. The quantitative estimate of drug-likeness (QED) is 0.757. The molecule has 84 valence electrons. The van der Waals surface area contributed by atoms with Gasteiger partial charge in [-0.3, -0.25) is 4.98 Å². The summed E-state index contributed by atoms with van der Waals surface area (Å²) in [6, 6.07) is 5.11. The Labute approximate surface area is 98.8 Å². The molecule has 0 saturated carbocycles. The summed E-state index contributed by atoms with van der Waals surface area (Å²) in [5, 5.41) is 9.39. The second-order valence-corrected chi connectivity index (χ2v) is 3.70. The molecule has 0 aliphatic carbocycles. The van der Waals surface area contributed by atoms with Gasteiger partial charge in [0.05, 0.1) is 23.4 Å². The Morgan fingerprint density at radius 1 is 1.75 bits per heavy atom. The minimum Gasteiger partial charge on any atom is -0.465 e. The predicted molar refractivity (Wildman–Crippen MR) is 58.8 cm³/mol. The third-order valence-electron chi connectivity index (χ3n) is 2.14. The number of nitriles is 1. The predicted octanol–water partition coefficient (Wildman–Crippen LogP) is 2.08. The first-order valence-electron chi connectivity index (χ1n) is 4.75. The van der Waals surface area contributed by atoms with Crippen LogP contribution in [-0.2, 0) is 14.9 Å². The molecule has 1 aromatic rings. The Hall–Kier alpha value is -1.60. The molecule has 0 fully saturated rings. The third kappa shape index (κ3) is 2.15. The summed E-state index contributed by atoms with van der Waals surface area (Å²) in [5.74, 6) is -0.641. The van der Waals surface area contributed by atoms with E-state index in [4.69, 9.17) is 21.6 Å². The number of carbonyl (C=O) groups excluding carboxylic acids is 1. The van der Waals surface area contributed by atoms with Crippen LogP contribution in [0.1, 0.15) is 19.5 Å². The molecule has 0 bridgehead atoms. The summed E-state index contributed by atoms with van der Waals surface area (Å²) >= 11 is 5.91. The Kier molecular flexibility index (Phi) is 3.86. The van der Waals surface area contributed by atoms with Gasteiger partial charge < -0.3 is 4.74 Å². The first-order valence-corrected chi connectivity index (χ1v) is 5.13. The van der Waals surface area contributed by atoms with Crippen molar-refractivity contribution in [1.82, 2.24) is 4.98 Å². The van der Waals surface area contributed by atoms with Gasteiger partial charge >= 0.3 is 5.97 Å². The van der Waals surface area contributed by atoms with Gasteiger partial charge in [0.25, 0.3) is 0 Å². The molecule has 0 radical (unpaired) electrons. The fraction of sp³-hybridized carbons (Fsp3) is 0.364. The van der Waals surface area contributed by atoms with Crippen LogP contribution >= 0.6 is 11.6 Å². The number of carbonyl (C=O) groups is 1. The monoisotopic (exact) mass is 238 g/mol. The highest BCUT2D eigenvalue weighted by molar-refractivity contribution is 6.31. The first kappa shape index (κ1) is 12.5. The van der Waals surface area contributed by atoms with Gasteiger partial charge in [0.1, 0.15) is 0 Å². The zero-order valence-corrected chi connectivity index (χ0v) is 9.78. The van der Waals surface area contributed by atoms with E-state index in [0.717, 1.165) is 0 Å². The number of hydrogen-bond acceptors (Lipinski definition) is 4. The van der Waals surface area contributed by atoms with E-state index >= 15 is 0 Å². The number of rotatable bonds is 3. The van der Waals surface area contributed by atoms with Gasteiger partial charge in [0, 0.05) is 6.20 Å². The van der Waals surface area contributed by atoms with E-state index in [-0.39, 0.29) is 17.3 Å². The molecule has 0 saturated heterocycles. The van der Waals surface area contributed by atoms with Gasteiger partial charge in [-0.1, -0.05) is 11.6 Å². The van der Waals surface area contributed by atoms with E-state index in [2.05, 4.69) is 4.98 Å². The van der Waals surface area contributed by atoms with Crippen LogP contribution in [0.15, 0.2) is 18.3 Å². The van der Waals surface area contributed by atoms with Crippen molar-refractivity contribution in [3.63, 3.8) is 0 Å². The van der Waals surface area contributed by atoms with Gasteiger partial charge in [-0.15, -0.1) is 0 Å². The summed E-state index contributed by atoms with van der Waals surface area (Å²) in [6.45, 7) is 3.33. The summed E-state index contributed by atoms with van der Waals surface area (Å²) in [5.41, 5.74) is -1.24. The van der Waals surface area contributed by atoms with Crippen molar-refractivity contribution in [2.75, 3.05) is 6.61 Å². The highest BCUT2D eigenvalue weighted by atomic mass is 35.5.